The molecular formula is C15H20N2OS. The highest BCUT2D eigenvalue weighted by Crippen LogP contribution is 2.22. The Labute approximate surface area is 118 Å². The highest BCUT2D eigenvalue weighted by molar-refractivity contribution is 7.18. The first-order valence-electron chi connectivity index (χ1n) is 6.90. The molecule has 0 bridgehead atoms. The number of aromatic nitrogens is 1. The molecular weight excluding hydrogens is 256 g/mol. The van der Waals surface area contributed by atoms with E-state index in [0.717, 1.165) is 42.8 Å². The third-order valence-corrected chi connectivity index (χ3v) is 4.08. The fourth-order valence-electron chi connectivity index (χ4n) is 1.92. The standard InChI is InChI=1S/C15H20N2OS/c1-2-3-11-16-14(18)9-6-10-15-17-12-7-4-5-8-13(12)19-15/h4-5,7-8H,2-3,6,9-11H2,1H3,(H,16,18). The van der Waals surface area contributed by atoms with Crippen LogP contribution in [0.3, 0.4) is 0 Å². The molecule has 0 spiro atoms. The normalized spacial score (nSPS) is 10.8. The van der Waals surface area contributed by atoms with E-state index in [1.807, 2.05) is 18.2 Å². The SMILES string of the molecule is CCCCNC(=O)CCCc1nc2ccccc2s1. The van der Waals surface area contributed by atoms with E-state index >= 15 is 0 Å². The minimum absolute atomic E-state index is 0.162. The summed E-state index contributed by atoms with van der Waals surface area (Å²) in [6.45, 7) is 2.93. The maximum Gasteiger partial charge on any atom is 0.220 e. The van der Waals surface area contributed by atoms with Gasteiger partial charge in [0.15, 0.2) is 0 Å². The van der Waals surface area contributed by atoms with Crippen molar-refractivity contribution in [1.82, 2.24) is 10.3 Å². The zero-order valence-electron chi connectivity index (χ0n) is 11.3. The first-order chi connectivity index (χ1) is 9.29. The van der Waals surface area contributed by atoms with Gasteiger partial charge in [0.1, 0.15) is 0 Å². The molecule has 0 atom stereocenters. The van der Waals surface area contributed by atoms with Gasteiger partial charge < -0.3 is 5.32 Å². The van der Waals surface area contributed by atoms with Gasteiger partial charge in [-0.1, -0.05) is 25.5 Å². The molecule has 2 aromatic rings. The van der Waals surface area contributed by atoms with Crippen LogP contribution in [-0.2, 0) is 11.2 Å². The second-order valence-electron chi connectivity index (χ2n) is 4.63. The summed E-state index contributed by atoms with van der Waals surface area (Å²) in [6, 6.07) is 8.17. The van der Waals surface area contributed by atoms with Gasteiger partial charge >= 0.3 is 0 Å². The second-order valence-corrected chi connectivity index (χ2v) is 5.75. The minimum atomic E-state index is 0.162. The summed E-state index contributed by atoms with van der Waals surface area (Å²) in [5.74, 6) is 0.162. The molecule has 1 heterocycles. The quantitative estimate of drug-likeness (QED) is 0.786. The van der Waals surface area contributed by atoms with Gasteiger partial charge in [-0.15, -0.1) is 11.3 Å². The number of amides is 1. The van der Waals surface area contributed by atoms with Gasteiger partial charge in [-0.05, 0) is 31.4 Å². The van der Waals surface area contributed by atoms with E-state index in [-0.39, 0.29) is 5.91 Å². The van der Waals surface area contributed by atoms with Crippen LogP contribution in [-0.4, -0.2) is 17.4 Å². The molecule has 1 N–H and O–H groups in total. The summed E-state index contributed by atoms with van der Waals surface area (Å²) in [6.07, 6.45) is 4.54. The van der Waals surface area contributed by atoms with E-state index in [2.05, 4.69) is 23.3 Å². The number of para-hydroxylation sites is 1. The van der Waals surface area contributed by atoms with Crippen molar-refractivity contribution in [1.29, 1.82) is 0 Å². The van der Waals surface area contributed by atoms with Crippen LogP contribution in [0, 0.1) is 0 Å². The molecule has 1 aromatic carbocycles. The molecule has 0 radical (unpaired) electrons. The van der Waals surface area contributed by atoms with Crippen molar-refractivity contribution >= 4 is 27.5 Å². The lowest BCUT2D eigenvalue weighted by molar-refractivity contribution is -0.121. The van der Waals surface area contributed by atoms with Gasteiger partial charge in [0.25, 0.3) is 0 Å². The Bertz CT molecular complexity index is 503. The van der Waals surface area contributed by atoms with E-state index in [9.17, 15) is 4.79 Å². The number of hydrogen-bond donors (Lipinski definition) is 1. The van der Waals surface area contributed by atoms with Crippen molar-refractivity contribution in [3.63, 3.8) is 0 Å². The van der Waals surface area contributed by atoms with Gasteiger partial charge in [0, 0.05) is 13.0 Å². The lowest BCUT2D eigenvalue weighted by Gasteiger charge is -2.02. The molecule has 0 fully saturated rings. The van der Waals surface area contributed by atoms with Crippen LogP contribution < -0.4 is 5.32 Å². The predicted octanol–water partition coefficient (Wildman–Crippen LogP) is 3.54. The summed E-state index contributed by atoms with van der Waals surface area (Å²) in [7, 11) is 0. The first kappa shape index (κ1) is 14.0. The lowest BCUT2D eigenvalue weighted by atomic mass is 10.2. The molecule has 2 rings (SSSR count). The van der Waals surface area contributed by atoms with Gasteiger partial charge in [-0.25, -0.2) is 4.98 Å². The first-order valence-corrected chi connectivity index (χ1v) is 7.72. The number of unbranched alkanes of at least 4 members (excludes halogenated alkanes) is 1. The predicted molar refractivity (Wildman–Crippen MR) is 80.5 cm³/mol. The van der Waals surface area contributed by atoms with Crippen LogP contribution in [0.15, 0.2) is 24.3 Å². The molecule has 0 unspecified atom stereocenters. The number of nitrogens with one attached hydrogen (secondary N) is 1. The third kappa shape index (κ3) is 4.31. The number of nitrogens with zero attached hydrogens (tertiary/aromatic N) is 1. The zero-order chi connectivity index (χ0) is 13.5. The summed E-state index contributed by atoms with van der Waals surface area (Å²) < 4.78 is 1.23. The van der Waals surface area contributed by atoms with Crippen molar-refractivity contribution in [3.8, 4) is 0 Å². The Hall–Kier alpha value is -1.42. The average Bonchev–Trinajstić information content (AvgIpc) is 2.81. The number of rotatable bonds is 7. The second kappa shape index (κ2) is 7.24. The number of carbonyl (C=O) groups excluding carboxylic acids is 1. The molecule has 4 heteroatoms. The maximum atomic E-state index is 11.6. The van der Waals surface area contributed by atoms with Gasteiger partial charge in [-0.2, -0.15) is 0 Å². The number of benzene rings is 1. The van der Waals surface area contributed by atoms with Crippen LogP contribution in [0.1, 0.15) is 37.6 Å². The van der Waals surface area contributed by atoms with Crippen LogP contribution >= 0.6 is 11.3 Å². The molecule has 0 saturated heterocycles. The lowest BCUT2D eigenvalue weighted by Crippen LogP contribution is -2.23. The van der Waals surface area contributed by atoms with Gasteiger partial charge in [0.2, 0.25) is 5.91 Å². The molecule has 1 amide bonds. The van der Waals surface area contributed by atoms with Crippen molar-refractivity contribution in [3.05, 3.63) is 29.3 Å². The van der Waals surface area contributed by atoms with E-state index in [1.165, 1.54) is 4.70 Å². The molecule has 0 aliphatic carbocycles. The topological polar surface area (TPSA) is 42.0 Å². The van der Waals surface area contributed by atoms with E-state index in [4.69, 9.17) is 0 Å². The molecule has 0 aliphatic rings. The molecule has 0 aliphatic heterocycles. The molecule has 0 saturated carbocycles. The number of carbonyl (C=O) groups is 1. The monoisotopic (exact) mass is 276 g/mol. The fourth-order valence-corrected chi connectivity index (χ4v) is 2.93. The Morgan fingerprint density at radius 2 is 2.16 bits per heavy atom. The molecule has 3 nitrogen and oxygen atoms in total. The summed E-state index contributed by atoms with van der Waals surface area (Å²) in [4.78, 5) is 16.1. The number of hydrogen-bond acceptors (Lipinski definition) is 3. The van der Waals surface area contributed by atoms with Crippen molar-refractivity contribution in [2.75, 3.05) is 6.54 Å². The number of thiazole rings is 1. The fraction of sp³-hybridized carbons (Fsp3) is 0.467. The summed E-state index contributed by atoms with van der Waals surface area (Å²) in [5.41, 5.74) is 1.06. The van der Waals surface area contributed by atoms with Gasteiger partial charge in [-0.3, -0.25) is 4.79 Å². The molecule has 1 aromatic heterocycles. The molecule has 19 heavy (non-hydrogen) atoms. The highest BCUT2D eigenvalue weighted by atomic mass is 32.1. The van der Waals surface area contributed by atoms with Crippen molar-refractivity contribution in [2.45, 2.75) is 39.0 Å². The summed E-state index contributed by atoms with van der Waals surface area (Å²) in [5, 5.41) is 4.07. The Morgan fingerprint density at radius 1 is 1.32 bits per heavy atom. The van der Waals surface area contributed by atoms with Crippen molar-refractivity contribution in [2.24, 2.45) is 0 Å². The summed E-state index contributed by atoms with van der Waals surface area (Å²) >= 11 is 1.73. The van der Waals surface area contributed by atoms with Crippen LogP contribution in [0.4, 0.5) is 0 Å². The van der Waals surface area contributed by atoms with Crippen LogP contribution in [0.2, 0.25) is 0 Å². The van der Waals surface area contributed by atoms with E-state index in [0.29, 0.717) is 6.42 Å². The smallest absolute Gasteiger partial charge is 0.220 e. The Balaban J connectivity index is 1.74. The third-order valence-electron chi connectivity index (χ3n) is 2.99. The van der Waals surface area contributed by atoms with Crippen molar-refractivity contribution < 1.29 is 4.79 Å². The Morgan fingerprint density at radius 3 is 2.95 bits per heavy atom. The van der Waals surface area contributed by atoms with Crippen LogP contribution in [0.5, 0.6) is 0 Å². The van der Waals surface area contributed by atoms with Gasteiger partial charge in [0.05, 0.1) is 15.2 Å². The zero-order valence-corrected chi connectivity index (χ0v) is 12.1. The average molecular weight is 276 g/mol. The minimum Gasteiger partial charge on any atom is -0.356 e. The van der Waals surface area contributed by atoms with E-state index < -0.39 is 0 Å². The number of aryl methyl sites for hydroxylation is 1. The van der Waals surface area contributed by atoms with Crippen LogP contribution in [0.25, 0.3) is 10.2 Å². The Kier molecular flexibility index (Phi) is 5.33. The largest absolute Gasteiger partial charge is 0.356 e. The number of fused-ring (bicyclic) bond motifs is 1. The molecule has 102 valence electrons. The van der Waals surface area contributed by atoms with E-state index in [1.54, 1.807) is 11.3 Å². The highest BCUT2D eigenvalue weighted by Gasteiger charge is 2.05. The maximum absolute atomic E-state index is 11.6.